The molecule has 0 spiro atoms. The molecule has 0 saturated carbocycles. The van der Waals surface area contributed by atoms with Crippen molar-refractivity contribution >= 4 is 23.1 Å². The number of esters is 1. The summed E-state index contributed by atoms with van der Waals surface area (Å²) in [6.07, 6.45) is -0.144. The molecule has 0 unspecified atom stereocenters. The fraction of sp³-hybridized carbons (Fsp3) is 0.400. The summed E-state index contributed by atoms with van der Waals surface area (Å²) >= 11 is 0. The number of amides is 1. The second kappa shape index (κ2) is 13.7. The molecule has 2 heterocycles. The van der Waals surface area contributed by atoms with Gasteiger partial charge in [-0.3, -0.25) is 14.0 Å². The smallest absolute Gasteiger partial charge is 0.411 e. The Kier molecular flexibility index (Phi) is 9.71. The number of hydrogen-bond acceptors (Lipinski definition) is 8. The first-order chi connectivity index (χ1) is 22.0. The van der Waals surface area contributed by atoms with Gasteiger partial charge in [0.15, 0.2) is 0 Å². The molecule has 11 nitrogen and oxygen atoms in total. The lowest BCUT2D eigenvalue weighted by molar-refractivity contribution is -0.145. The van der Waals surface area contributed by atoms with Gasteiger partial charge in [0.2, 0.25) is 0 Å². The number of benzene rings is 3. The molecule has 4 aromatic rings. The molecule has 1 saturated heterocycles. The van der Waals surface area contributed by atoms with Crippen LogP contribution in [0.1, 0.15) is 39.2 Å². The summed E-state index contributed by atoms with van der Waals surface area (Å²) in [7, 11) is 2.92. The van der Waals surface area contributed by atoms with Gasteiger partial charge < -0.3 is 24.7 Å². The first kappa shape index (κ1) is 32.6. The summed E-state index contributed by atoms with van der Waals surface area (Å²) in [6.45, 7) is 6.83. The lowest BCUT2D eigenvalue weighted by Gasteiger charge is -2.27. The lowest BCUT2D eigenvalue weighted by atomic mass is 10.0. The number of imidazole rings is 1. The number of likely N-dealkylation sites (tertiary alicyclic amines) is 1. The number of rotatable bonds is 10. The van der Waals surface area contributed by atoms with Crippen LogP contribution < -0.4 is 20.9 Å². The van der Waals surface area contributed by atoms with E-state index in [1.165, 1.54) is 12.0 Å². The zero-order chi connectivity index (χ0) is 33.0. The first-order valence-electron chi connectivity index (χ1n) is 15.4. The third-order valence-corrected chi connectivity index (χ3v) is 7.93. The number of aromatic nitrogens is 2. The highest BCUT2D eigenvalue weighted by Gasteiger charge is 2.43. The third-order valence-electron chi connectivity index (χ3n) is 7.93. The molecule has 1 amide bonds. The molecule has 3 aromatic carbocycles. The van der Waals surface area contributed by atoms with Crippen molar-refractivity contribution in [1.82, 2.24) is 14.0 Å². The molecule has 11 heteroatoms. The van der Waals surface area contributed by atoms with Gasteiger partial charge in [0, 0.05) is 18.5 Å². The van der Waals surface area contributed by atoms with Crippen LogP contribution in [0.15, 0.2) is 71.5 Å². The van der Waals surface area contributed by atoms with Gasteiger partial charge in [0.25, 0.3) is 0 Å². The maximum absolute atomic E-state index is 13.8. The normalized spacial score (nSPS) is 16.4. The van der Waals surface area contributed by atoms with Gasteiger partial charge in [-0.05, 0) is 75.2 Å². The topological polar surface area (TPSA) is 127 Å². The summed E-state index contributed by atoms with van der Waals surface area (Å²) in [5.74, 6) is 0.802. The summed E-state index contributed by atoms with van der Waals surface area (Å²) in [6, 6.07) is 20.4. The van der Waals surface area contributed by atoms with E-state index < -0.39 is 29.8 Å². The number of methoxy groups -OCH3 is 2. The van der Waals surface area contributed by atoms with Crippen molar-refractivity contribution in [2.45, 2.75) is 64.4 Å². The lowest BCUT2D eigenvalue weighted by Crippen LogP contribution is -2.44. The molecule has 46 heavy (non-hydrogen) atoms. The van der Waals surface area contributed by atoms with Crippen LogP contribution >= 0.6 is 0 Å². The van der Waals surface area contributed by atoms with E-state index in [9.17, 15) is 14.4 Å². The Morgan fingerprint density at radius 3 is 2.37 bits per heavy atom. The molecular weight excluding hydrogens is 588 g/mol. The molecule has 1 aliphatic heterocycles. The average molecular weight is 631 g/mol. The average Bonchev–Trinajstić information content (AvgIpc) is 3.58. The van der Waals surface area contributed by atoms with E-state index in [0.29, 0.717) is 31.8 Å². The standard InChI is InChI=1S/C35H42N4O7/c1-35(2,3)46-34(42)39-22-27(20-30(39)32(40)44-5)45-26-10-6-9-24(19-26)28-11-7-12-29-31(28)37(18-8-17-36)33(41)38(29)21-23-13-15-25(43-4)16-14-23/h6-7,9-16,19,27,30H,8,17-18,20-22,36H2,1-5H3/t27-,30-/m0/s1. The Bertz CT molecular complexity index is 1750. The van der Waals surface area contributed by atoms with E-state index in [0.717, 1.165) is 33.5 Å². The highest BCUT2D eigenvalue weighted by Crippen LogP contribution is 2.33. The Balaban J connectivity index is 1.47. The maximum Gasteiger partial charge on any atom is 0.411 e. The SMILES string of the molecule is COC(=O)[C@@H]1C[C@H](Oc2cccc(-c3cccc4c3n(CCCN)c(=O)n4Cc3ccc(OC)cc3)c2)CN1C(=O)OC(C)(C)C. The zero-order valence-corrected chi connectivity index (χ0v) is 27.0. The van der Waals surface area contributed by atoms with Gasteiger partial charge in [0.1, 0.15) is 29.2 Å². The molecule has 0 bridgehead atoms. The van der Waals surface area contributed by atoms with Crippen molar-refractivity contribution in [3.05, 3.63) is 82.8 Å². The fourth-order valence-electron chi connectivity index (χ4n) is 5.83. The van der Waals surface area contributed by atoms with Crippen molar-refractivity contribution in [1.29, 1.82) is 0 Å². The van der Waals surface area contributed by atoms with E-state index >= 15 is 0 Å². The Labute approximate surface area is 268 Å². The molecular formula is C35H42N4O7. The van der Waals surface area contributed by atoms with E-state index in [1.54, 1.807) is 37.0 Å². The predicted molar refractivity (Wildman–Crippen MR) is 175 cm³/mol. The van der Waals surface area contributed by atoms with Gasteiger partial charge in [-0.25, -0.2) is 14.4 Å². The number of aryl methyl sites for hydroxylation is 1. The minimum absolute atomic E-state index is 0.110. The van der Waals surface area contributed by atoms with E-state index in [1.807, 2.05) is 66.7 Å². The third kappa shape index (κ3) is 7.04. The number of carbonyl (C=O) groups excluding carboxylic acids is 2. The number of ether oxygens (including phenoxy) is 4. The molecule has 0 radical (unpaired) electrons. The number of carbonyl (C=O) groups is 2. The Morgan fingerprint density at radius 2 is 1.70 bits per heavy atom. The van der Waals surface area contributed by atoms with Crippen molar-refractivity contribution in [2.75, 3.05) is 27.3 Å². The molecule has 1 aliphatic rings. The zero-order valence-electron chi connectivity index (χ0n) is 27.0. The second-order valence-electron chi connectivity index (χ2n) is 12.4. The van der Waals surface area contributed by atoms with Crippen LogP contribution in [0, 0.1) is 0 Å². The van der Waals surface area contributed by atoms with E-state index in [-0.39, 0.29) is 18.7 Å². The van der Waals surface area contributed by atoms with Crippen molar-refractivity contribution < 1.29 is 28.5 Å². The van der Waals surface area contributed by atoms with Gasteiger partial charge in [-0.1, -0.05) is 36.4 Å². The monoisotopic (exact) mass is 630 g/mol. The summed E-state index contributed by atoms with van der Waals surface area (Å²) < 4.78 is 25.7. The van der Waals surface area contributed by atoms with Crippen LogP contribution in [0.5, 0.6) is 11.5 Å². The minimum atomic E-state index is -0.816. The van der Waals surface area contributed by atoms with Crippen LogP contribution in [-0.4, -0.2) is 71.2 Å². The molecule has 1 aromatic heterocycles. The highest BCUT2D eigenvalue weighted by molar-refractivity contribution is 5.93. The first-order valence-corrected chi connectivity index (χ1v) is 15.4. The van der Waals surface area contributed by atoms with Crippen LogP contribution in [0.3, 0.4) is 0 Å². The number of hydrogen-bond donors (Lipinski definition) is 1. The summed E-state index contributed by atoms with van der Waals surface area (Å²) in [4.78, 5) is 40.7. The van der Waals surface area contributed by atoms with Gasteiger partial charge in [-0.2, -0.15) is 0 Å². The molecule has 1 fully saturated rings. The van der Waals surface area contributed by atoms with Crippen LogP contribution in [0.25, 0.3) is 22.2 Å². The maximum atomic E-state index is 13.8. The summed E-state index contributed by atoms with van der Waals surface area (Å²) in [5, 5.41) is 0. The van der Waals surface area contributed by atoms with Gasteiger partial charge in [0.05, 0.1) is 38.3 Å². The quantitative estimate of drug-likeness (QED) is 0.248. The molecule has 5 rings (SSSR count). The largest absolute Gasteiger partial charge is 0.497 e. The minimum Gasteiger partial charge on any atom is -0.497 e. The van der Waals surface area contributed by atoms with E-state index in [2.05, 4.69) is 0 Å². The van der Waals surface area contributed by atoms with Crippen molar-refractivity contribution in [3.63, 3.8) is 0 Å². The summed E-state index contributed by atoms with van der Waals surface area (Å²) in [5.41, 5.74) is 9.37. The number of nitrogens with two attached hydrogens (primary N) is 1. The van der Waals surface area contributed by atoms with Crippen LogP contribution in [0.4, 0.5) is 4.79 Å². The van der Waals surface area contributed by atoms with Crippen LogP contribution in [-0.2, 0) is 27.4 Å². The number of fused-ring (bicyclic) bond motifs is 1. The predicted octanol–water partition coefficient (Wildman–Crippen LogP) is 4.81. The van der Waals surface area contributed by atoms with Crippen molar-refractivity contribution in [3.8, 4) is 22.6 Å². The Morgan fingerprint density at radius 1 is 0.957 bits per heavy atom. The molecule has 0 aliphatic carbocycles. The number of para-hydroxylation sites is 1. The fourth-order valence-corrected chi connectivity index (χ4v) is 5.83. The highest BCUT2D eigenvalue weighted by atomic mass is 16.6. The van der Waals surface area contributed by atoms with Crippen molar-refractivity contribution in [2.24, 2.45) is 5.73 Å². The molecule has 2 N–H and O–H groups in total. The van der Waals surface area contributed by atoms with Gasteiger partial charge in [-0.15, -0.1) is 0 Å². The molecule has 2 atom stereocenters. The van der Waals surface area contributed by atoms with Gasteiger partial charge >= 0.3 is 17.8 Å². The molecule has 244 valence electrons. The van der Waals surface area contributed by atoms with E-state index in [4.69, 9.17) is 24.7 Å². The second-order valence-corrected chi connectivity index (χ2v) is 12.4. The number of nitrogens with zero attached hydrogens (tertiary/aromatic N) is 3. The van der Waals surface area contributed by atoms with Crippen LogP contribution in [0.2, 0.25) is 0 Å². The Hall–Kier alpha value is -4.77.